The minimum Gasteiger partial charge on any atom is -0.508 e. The van der Waals surface area contributed by atoms with Crippen molar-refractivity contribution < 1.29 is 10.3 Å². The maximum Gasteiger partial charge on any atom is 0.140 e. The first-order chi connectivity index (χ1) is 8.69. The van der Waals surface area contributed by atoms with Gasteiger partial charge in [-0.15, -0.1) is 0 Å². The van der Waals surface area contributed by atoms with E-state index < -0.39 is 0 Å². The molecule has 0 unspecified atom stereocenters. The summed E-state index contributed by atoms with van der Waals surface area (Å²) in [5, 5.41) is 20.8. The number of hydrogen-bond acceptors (Lipinski definition) is 4. The van der Waals surface area contributed by atoms with Crippen LogP contribution in [0.3, 0.4) is 0 Å². The lowest BCUT2D eigenvalue weighted by Gasteiger charge is -2.21. The molecule has 1 saturated carbocycles. The third kappa shape index (κ3) is 3.63. The SMILES string of the molecule is NC(CCN(Cc1ccc(O)cc1)C1CC1)=NO. The molecule has 1 fully saturated rings. The summed E-state index contributed by atoms with van der Waals surface area (Å²) < 4.78 is 0. The molecule has 0 aliphatic heterocycles. The summed E-state index contributed by atoms with van der Waals surface area (Å²) in [4.78, 5) is 2.34. The van der Waals surface area contributed by atoms with E-state index >= 15 is 0 Å². The predicted molar refractivity (Wildman–Crippen MR) is 69.6 cm³/mol. The summed E-state index contributed by atoms with van der Waals surface area (Å²) in [6.07, 6.45) is 3.01. The number of amidine groups is 1. The average Bonchev–Trinajstić information content (AvgIpc) is 3.20. The van der Waals surface area contributed by atoms with Crippen LogP contribution in [0, 0.1) is 0 Å². The third-order valence-corrected chi connectivity index (χ3v) is 3.17. The van der Waals surface area contributed by atoms with Crippen molar-refractivity contribution in [3.63, 3.8) is 0 Å². The molecule has 0 saturated heterocycles. The average molecular weight is 249 g/mol. The molecule has 18 heavy (non-hydrogen) atoms. The Morgan fingerprint density at radius 1 is 1.33 bits per heavy atom. The van der Waals surface area contributed by atoms with Gasteiger partial charge in [-0.3, -0.25) is 4.90 Å². The van der Waals surface area contributed by atoms with Gasteiger partial charge in [-0.2, -0.15) is 0 Å². The standard InChI is InChI=1S/C13H19N3O2/c14-13(15-18)7-8-16(11-3-4-11)9-10-1-5-12(17)6-2-10/h1-2,5-6,11,17-18H,3-4,7-9H2,(H2,14,15). The minimum atomic E-state index is 0.270. The lowest BCUT2D eigenvalue weighted by Crippen LogP contribution is -2.29. The summed E-state index contributed by atoms with van der Waals surface area (Å²) >= 11 is 0. The molecule has 0 atom stereocenters. The zero-order chi connectivity index (χ0) is 13.0. The molecule has 0 bridgehead atoms. The summed E-state index contributed by atoms with van der Waals surface area (Å²) in [6, 6.07) is 7.86. The Morgan fingerprint density at radius 2 is 2.00 bits per heavy atom. The molecule has 1 aliphatic carbocycles. The number of phenols is 1. The van der Waals surface area contributed by atoms with Gasteiger partial charge in [0.1, 0.15) is 11.6 Å². The van der Waals surface area contributed by atoms with Gasteiger partial charge in [0.25, 0.3) is 0 Å². The Balaban J connectivity index is 1.92. The van der Waals surface area contributed by atoms with Gasteiger partial charge in [-0.05, 0) is 30.5 Å². The number of phenolic OH excluding ortho intramolecular Hbond substituents is 1. The quantitative estimate of drug-likeness (QED) is 0.309. The van der Waals surface area contributed by atoms with Crippen LogP contribution in [0.15, 0.2) is 29.4 Å². The molecular weight excluding hydrogens is 230 g/mol. The number of nitrogens with two attached hydrogens (primary N) is 1. The highest BCUT2D eigenvalue weighted by molar-refractivity contribution is 5.79. The largest absolute Gasteiger partial charge is 0.508 e. The van der Waals surface area contributed by atoms with Crippen LogP contribution in [-0.2, 0) is 6.54 Å². The summed E-state index contributed by atoms with van der Waals surface area (Å²) in [5.74, 6) is 0.555. The fourth-order valence-corrected chi connectivity index (χ4v) is 1.97. The molecule has 5 nitrogen and oxygen atoms in total. The van der Waals surface area contributed by atoms with Crippen molar-refractivity contribution in [2.45, 2.75) is 31.8 Å². The molecule has 2 rings (SSSR count). The zero-order valence-corrected chi connectivity index (χ0v) is 10.3. The molecule has 0 amide bonds. The van der Waals surface area contributed by atoms with Gasteiger partial charge in [-0.25, -0.2) is 0 Å². The minimum absolute atomic E-state index is 0.270. The molecule has 0 heterocycles. The Morgan fingerprint density at radius 3 is 2.56 bits per heavy atom. The van der Waals surface area contributed by atoms with E-state index in [1.54, 1.807) is 12.1 Å². The Kier molecular flexibility index (Phi) is 4.04. The van der Waals surface area contributed by atoms with E-state index in [1.807, 2.05) is 12.1 Å². The second kappa shape index (κ2) is 5.73. The molecule has 1 aromatic rings. The number of benzene rings is 1. The van der Waals surface area contributed by atoms with E-state index in [9.17, 15) is 5.11 Å². The van der Waals surface area contributed by atoms with Gasteiger partial charge in [0, 0.05) is 25.6 Å². The van der Waals surface area contributed by atoms with Crippen LogP contribution in [0.1, 0.15) is 24.8 Å². The molecule has 0 aromatic heterocycles. The molecule has 5 heteroatoms. The fraction of sp³-hybridized carbons (Fsp3) is 0.462. The van der Waals surface area contributed by atoms with Crippen LogP contribution in [0.5, 0.6) is 5.75 Å². The van der Waals surface area contributed by atoms with Crippen molar-refractivity contribution >= 4 is 5.84 Å². The number of rotatable bonds is 6. The second-order valence-corrected chi connectivity index (χ2v) is 4.71. The number of nitrogens with zero attached hydrogens (tertiary/aromatic N) is 2. The summed E-state index contributed by atoms with van der Waals surface area (Å²) in [6.45, 7) is 1.63. The number of aromatic hydroxyl groups is 1. The van der Waals surface area contributed by atoms with Gasteiger partial charge in [0.15, 0.2) is 0 Å². The molecule has 0 spiro atoms. The third-order valence-electron chi connectivity index (χ3n) is 3.17. The molecule has 98 valence electrons. The predicted octanol–water partition coefficient (Wildman–Crippen LogP) is 1.49. The fourth-order valence-electron chi connectivity index (χ4n) is 1.97. The Labute approximate surface area is 107 Å². The maximum absolute atomic E-state index is 9.25. The van der Waals surface area contributed by atoms with Crippen molar-refractivity contribution in [3.05, 3.63) is 29.8 Å². The molecule has 4 N–H and O–H groups in total. The van der Waals surface area contributed by atoms with Gasteiger partial charge in [0.2, 0.25) is 0 Å². The van der Waals surface area contributed by atoms with Crippen LogP contribution < -0.4 is 5.73 Å². The lowest BCUT2D eigenvalue weighted by atomic mass is 10.2. The molecular formula is C13H19N3O2. The second-order valence-electron chi connectivity index (χ2n) is 4.71. The molecule has 1 aliphatic rings. The highest BCUT2D eigenvalue weighted by atomic mass is 16.4. The van der Waals surface area contributed by atoms with Crippen LogP contribution in [0.25, 0.3) is 0 Å². The maximum atomic E-state index is 9.25. The molecule has 1 aromatic carbocycles. The van der Waals surface area contributed by atoms with E-state index in [2.05, 4.69) is 10.1 Å². The van der Waals surface area contributed by atoms with Crippen LogP contribution in [0.2, 0.25) is 0 Å². The zero-order valence-electron chi connectivity index (χ0n) is 10.3. The summed E-state index contributed by atoms with van der Waals surface area (Å²) in [7, 11) is 0. The van der Waals surface area contributed by atoms with Crippen molar-refractivity contribution in [2.75, 3.05) is 6.54 Å². The first-order valence-electron chi connectivity index (χ1n) is 6.17. The van der Waals surface area contributed by atoms with E-state index in [-0.39, 0.29) is 11.6 Å². The van der Waals surface area contributed by atoms with Crippen molar-refractivity contribution in [2.24, 2.45) is 10.9 Å². The normalized spacial score (nSPS) is 16.2. The van der Waals surface area contributed by atoms with Gasteiger partial charge in [0.05, 0.1) is 0 Å². The monoisotopic (exact) mass is 249 g/mol. The van der Waals surface area contributed by atoms with Gasteiger partial charge in [-0.1, -0.05) is 17.3 Å². The lowest BCUT2D eigenvalue weighted by molar-refractivity contribution is 0.259. The van der Waals surface area contributed by atoms with Crippen LogP contribution in [0.4, 0.5) is 0 Å². The van der Waals surface area contributed by atoms with E-state index in [0.29, 0.717) is 12.5 Å². The topological polar surface area (TPSA) is 82.1 Å². The Bertz CT molecular complexity index is 413. The van der Waals surface area contributed by atoms with Crippen LogP contribution >= 0.6 is 0 Å². The Hall–Kier alpha value is -1.75. The number of hydrogen-bond donors (Lipinski definition) is 3. The van der Waals surface area contributed by atoms with E-state index in [1.165, 1.54) is 18.4 Å². The first kappa shape index (κ1) is 12.7. The van der Waals surface area contributed by atoms with Gasteiger partial charge >= 0.3 is 0 Å². The van der Waals surface area contributed by atoms with Crippen molar-refractivity contribution in [3.8, 4) is 5.75 Å². The van der Waals surface area contributed by atoms with Crippen molar-refractivity contribution in [1.29, 1.82) is 0 Å². The summed E-state index contributed by atoms with van der Waals surface area (Å²) in [5.41, 5.74) is 6.66. The first-order valence-corrected chi connectivity index (χ1v) is 6.17. The smallest absolute Gasteiger partial charge is 0.140 e. The van der Waals surface area contributed by atoms with Crippen molar-refractivity contribution in [1.82, 2.24) is 4.90 Å². The van der Waals surface area contributed by atoms with Crippen LogP contribution in [-0.4, -0.2) is 33.6 Å². The number of oxime groups is 1. The van der Waals surface area contributed by atoms with Gasteiger partial charge < -0.3 is 16.0 Å². The highest BCUT2D eigenvalue weighted by Gasteiger charge is 2.28. The highest BCUT2D eigenvalue weighted by Crippen LogP contribution is 2.28. The molecule has 0 radical (unpaired) electrons. The van der Waals surface area contributed by atoms with E-state index in [4.69, 9.17) is 10.9 Å². The van der Waals surface area contributed by atoms with E-state index in [0.717, 1.165) is 13.1 Å².